The highest BCUT2D eigenvalue weighted by atomic mass is 32.1. The van der Waals surface area contributed by atoms with E-state index in [4.69, 9.17) is 4.74 Å². The predicted octanol–water partition coefficient (Wildman–Crippen LogP) is 15.3. The second-order valence-corrected chi connectivity index (χ2v) is 15.1. The van der Waals surface area contributed by atoms with Crippen molar-refractivity contribution in [2.75, 3.05) is 7.05 Å². The summed E-state index contributed by atoms with van der Waals surface area (Å²) in [5, 5.41) is 8.08. The van der Waals surface area contributed by atoms with Gasteiger partial charge in [0.1, 0.15) is 6.10 Å². The van der Waals surface area contributed by atoms with Crippen molar-refractivity contribution in [2.45, 2.75) is 168 Å². The van der Waals surface area contributed by atoms with E-state index in [1.165, 1.54) is 121 Å². The summed E-state index contributed by atoms with van der Waals surface area (Å²) in [4.78, 5) is 16.1. The van der Waals surface area contributed by atoms with Crippen LogP contribution in [0.4, 0.5) is 5.69 Å². The summed E-state index contributed by atoms with van der Waals surface area (Å²) in [6.45, 7) is 6.66. The SMILES string of the molecule is CCCCCCCCCCCCC(CCCCCCCCCCCC)OC(=O)c1cc(-c2ccc(C)cc2)sc1-c1ccc(N=NC)cc1. The first-order valence-electron chi connectivity index (χ1n) is 19.9. The molecule has 0 amide bonds. The largest absolute Gasteiger partial charge is 0.459 e. The van der Waals surface area contributed by atoms with Gasteiger partial charge in [-0.25, -0.2) is 4.79 Å². The van der Waals surface area contributed by atoms with E-state index in [-0.39, 0.29) is 12.1 Å². The average Bonchev–Trinajstić information content (AvgIpc) is 3.56. The fourth-order valence-corrected chi connectivity index (χ4v) is 7.76. The number of carbonyl (C=O) groups is 1. The monoisotopic (exact) mass is 686 g/mol. The Hall–Kier alpha value is -2.79. The Kier molecular flexibility index (Phi) is 20.9. The Balaban J connectivity index is 1.64. The van der Waals surface area contributed by atoms with Gasteiger partial charge in [0.05, 0.1) is 11.3 Å². The first-order valence-corrected chi connectivity index (χ1v) is 20.7. The molecule has 0 unspecified atom stereocenters. The van der Waals surface area contributed by atoms with Crippen LogP contribution in [-0.4, -0.2) is 19.1 Å². The van der Waals surface area contributed by atoms with Gasteiger partial charge in [0, 0.05) is 16.8 Å². The first-order chi connectivity index (χ1) is 24.0. The second kappa shape index (κ2) is 25.2. The molecular formula is C44H66N2O2S. The molecule has 0 N–H and O–H groups in total. The number of thiophene rings is 1. The highest BCUT2D eigenvalue weighted by Gasteiger charge is 2.23. The summed E-state index contributed by atoms with van der Waals surface area (Å²) in [7, 11) is 1.68. The van der Waals surface area contributed by atoms with E-state index in [0.29, 0.717) is 5.56 Å². The molecule has 1 heterocycles. The van der Waals surface area contributed by atoms with Gasteiger partial charge in [-0.3, -0.25) is 0 Å². The molecule has 270 valence electrons. The number of benzene rings is 2. The van der Waals surface area contributed by atoms with Crippen LogP contribution in [0.15, 0.2) is 64.8 Å². The number of nitrogens with zero attached hydrogens (tertiary/aromatic N) is 2. The van der Waals surface area contributed by atoms with Gasteiger partial charge in [-0.2, -0.15) is 10.2 Å². The molecule has 2 aromatic carbocycles. The molecule has 5 heteroatoms. The van der Waals surface area contributed by atoms with Crippen LogP contribution in [0.3, 0.4) is 0 Å². The van der Waals surface area contributed by atoms with Crippen molar-refractivity contribution in [1.82, 2.24) is 0 Å². The minimum Gasteiger partial charge on any atom is -0.459 e. The van der Waals surface area contributed by atoms with Crippen LogP contribution in [0, 0.1) is 6.92 Å². The van der Waals surface area contributed by atoms with Gasteiger partial charge in [0.15, 0.2) is 0 Å². The molecule has 0 aliphatic rings. The minimum atomic E-state index is -0.189. The van der Waals surface area contributed by atoms with Crippen molar-refractivity contribution in [2.24, 2.45) is 10.2 Å². The fourth-order valence-electron chi connectivity index (χ4n) is 6.61. The molecule has 0 saturated heterocycles. The summed E-state index contributed by atoms with van der Waals surface area (Å²) in [6.07, 6.45) is 28.2. The standard InChI is InChI=1S/C44H66N2O2S/c1-5-7-9-11-13-15-17-19-21-23-25-40(26-24-22-20-18-16-14-12-10-8-6-2)48-44(47)41-35-42(37-29-27-36(3)28-30-37)49-43(41)38-31-33-39(34-32-38)46-45-4/h27-35,40H,5-26H2,1-4H3. The molecule has 0 bridgehead atoms. The Morgan fingerprint density at radius 2 is 1.08 bits per heavy atom. The van der Waals surface area contributed by atoms with Crippen LogP contribution in [-0.2, 0) is 4.74 Å². The summed E-state index contributed by atoms with van der Waals surface area (Å²) in [6, 6.07) is 18.6. The summed E-state index contributed by atoms with van der Waals surface area (Å²) >= 11 is 1.66. The van der Waals surface area contributed by atoms with Crippen LogP contribution in [0.25, 0.3) is 20.9 Å². The zero-order valence-electron chi connectivity index (χ0n) is 31.4. The molecule has 0 radical (unpaired) electrons. The van der Waals surface area contributed by atoms with Gasteiger partial charge in [0.25, 0.3) is 0 Å². The number of esters is 1. The second-order valence-electron chi connectivity index (χ2n) is 14.0. The number of hydrogen-bond donors (Lipinski definition) is 0. The topological polar surface area (TPSA) is 51.0 Å². The minimum absolute atomic E-state index is 0.0292. The zero-order chi connectivity index (χ0) is 34.9. The summed E-state index contributed by atoms with van der Waals surface area (Å²) in [5.41, 5.74) is 4.83. The van der Waals surface area contributed by atoms with Crippen LogP contribution in [0.1, 0.15) is 171 Å². The first kappa shape index (κ1) is 40.6. The number of unbranched alkanes of at least 4 members (excludes halogenated alkanes) is 18. The molecule has 0 aliphatic carbocycles. The molecule has 0 atom stereocenters. The third kappa shape index (κ3) is 16.2. The van der Waals surface area contributed by atoms with E-state index in [1.54, 1.807) is 18.4 Å². The van der Waals surface area contributed by atoms with E-state index in [9.17, 15) is 4.79 Å². The molecular weight excluding hydrogens is 621 g/mol. The van der Waals surface area contributed by atoms with E-state index < -0.39 is 0 Å². The predicted molar refractivity (Wildman–Crippen MR) is 212 cm³/mol. The molecule has 0 saturated carbocycles. The molecule has 0 aliphatic heterocycles. The van der Waals surface area contributed by atoms with E-state index in [2.05, 4.69) is 55.3 Å². The van der Waals surface area contributed by atoms with Gasteiger partial charge in [-0.05, 0) is 61.9 Å². The molecule has 3 aromatic rings. The van der Waals surface area contributed by atoms with Gasteiger partial charge >= 0.3 is 5.97 Å². The van der Waals surface area contributed by atoms with Crippen molar-refractivity contribution >= 4 is 23.0 Å². The van der Waals surface area contributed by atoms with Crippen LogP contribution in [0.2, 0.25) is 0 Å². The van der Waals surface area contributed by atoms with Crippen LogP contribution in [0.5, 0.6) is 0 Å². The molecule has 49 heavy (non-hydrogen) atoms. The number of ether oxygens (including phenoxy) is 1. The summed E-state index contributed by atoms with van der Waals surface area (Å²) in [5.74, 6) is -0.189. The summed E-state index contributed by atoms with van der Waals surface area (Å²) < 4.78 is 6.43. The number of azo groups is 1. The number of aryl methyl sites for hydroxylation is 1. The Morgan fingerprint density at radius 3 is 1.55 bits per heavy atom. The number of hydrogen-bond acceptors (Lipinski definition) is 5. The van der Waals surface area contributed by atoms with E-state index in [1.807, 2.05) is 30.3 Å². The third-order valence-corrected chi connectivity index (χ3v) is 10.9. The van der Waals surface area contributed by atoms with Gasteiger partial charge in [0.2, 0.25) is 0 Å². The molecule has 1 aromatic heterocycles. The maximum Gasteiger partial charge on any atom is 0.339 e. The molecule has 4 nitrogen and oxygen atoms in total. The smallest absolute Gasteiger partial charge is 0.339 e. The normalized spacial score (nSPS) is 11.6. The molecule has 0 spiro atoms. The zero-order valence-corrected chi connectivity index (χ0v) is 32.3. The molecule has 3 rings (SSSR count). The Morgan fingerprint density at radius 1 is 0.633 bits per heavy atom. The maximum atomic E-state index is 14.0. The Bertz CT molecular complexity index is 1290. The van der Waals surface area contributed by atoms with E-state index in [0.717, 1.165) is 52.3 Å². The number of rotatable bonds is 27. The van der Waals surface area contributed by atoms with Gasteiger partial charge < -0.3 is 4.74 Å². The maximum absolute atomic E-state index is 14.0. The third-order valence-electron chi connectivity index (χ3n) is 9.67. The van der Waals surface area contributed by atoms with E-state index >= 15 is 0 Å². The lowest BCUT2D eigenvalue weighted by atomic mass is 10.0. The fraction of sp³-hybridized carbons (Fsp3) is 0.614. The molecule has 0 fully saturated rings. The average molecular weight is 687 g/mol. The Labute approximate surface area is 303 Å². The lowest BCUT2D eigenvalue weighted by Gasteiger charge is -2.18. The highest BCUT2D eigenvalue weighted by molar-refractivity contribution is 7.19. The highest BCUT2D eigenvalue weighted by Crippen LogP contribution is 2.39. The number of carbonyl (C=O) groups excluding carboxylic acids is 1. The van der Waals surface area contributed by atoms with Crippen molar-refractivity contribution < 1.29 is 9.53 Å². The quantitative estimate of drug-likeness (QED) is 0.0455. The van der Waals surface area contributed by atoms with Gasteiger partial charge in [-0.15, -0.1) is 11.3 Å². The van der Waals surface area contributed by atoms with Crippen molar-refractivity contribution in [1.29, 1.82) is 0 Å². The van der Waals surface area contributed by atoms with Gasteiger partial charge in [-0.1, -0.05) is 171 Å². The van der Waals surface area contributed by atoms with Crippen LogP contribution < -0.4 is 0 Å². The van der Waals surface area contributed by atoms with Crippen molar-refractivity contribution in [3.8, 4) is 20.9 Å². The lowest BCUT2D eigenvalue weighted by Crippen LogP contribution is -2.18. The van der Waals surface area contributed by atoms with Crippen molar-refractivity contribution in [3.63, 3.8) is 0 Å². The van der Waals surface area contributed by atoms with Crippen LogP contribution >= 0.6 is 11.3 Å². The van der Waals surface area contributed by atoms with Crippen molar-refractivity contribution in [3.05, 3.63) is 65.7 Å². The lowest BCUT2D eigenvalue weighted by molar-refractivity contribution is 0.0250.